The zero-order chi connectivity index (χ0) is 14.4. The van der Waals surface area contributed by atoms with Crippen LogP contribution in [-0.2, 0) is 9.59 Å². The maximum atomic E-state index is 12.1. The van der Waals surface area contributed by atoms with Crippen molar-refractivity contribution in [2.24, 2.45) is 5.73 Å². The fraction of sp³-hybridized carbons (Fsp3) is 0.250. The molecule has 19 heavy (non-hydrogen) atoms. The maximum Gasteiger partial charge on any atom is 0.323 e. The van der Waals surface area contributed by atoms with Gasteiger partial charge < -0.3 is 20.5 Å². The Morgan fingerprint density at radius 2 is 2.00 bits per heavy atom. The van der Waals surface area contributed by atoms with Crippen LogP contribution in [0.1, 0.15) is 10.4 Å². The first kappa shape index (κ1) is 14.5. The minimum Gasteiger partial charge on any atom is -0.497 e. The first-order valence-electron chi connectivity index (χ1n) is 5.37. The molecule has 102 valence electrons. The molecule has 0 fully saturated rings. The summed E-state index contributed by atoms with van der Waals surface area (Å²) in [7, 11) is 1.45. The standard InChI is InChI=1S/C12H14N2O5/c1-19-9-4-2-3-8(5-9)12(18)14(6-10(13)15)7-11(16)17/h2-5H,6-7H2,1H3,(H2,13,15)(H,16,17). The summed E-state index contributed by atoms with van der Waals surface area (Å²) in [4.78, 5) is 34.5. The number of carbonyl (C=O) groups excluding carboxylic acids is 2. The fourth-order valence-corrected chi connectivity index (χ4v) is 1.49. The van der Waals surface area contributed by atoms with Crippen LogP contribution in [0.25, 0.3) is 0 Å². The van der Waals surface area contributed by atoms with Crippen LogP contribution in [0.15, 0.2) is 24.3 Å². The molecule has 0 bridgehead atoms. The third-order valence-electron chi connectivity index (χ3n) is 2.28. The lowest BCUT2D eigenvalue weighted by Gasteiger charge is -2.19. The molecule has 1 aromatic carbocycles. The van der Waals surface area contributed by atoms with Gasteiger partial charge in [0.2, 0.25) is 5.91 Å². The topological polar surface area (TPSA) is 110 Å². The number of carboxylic acids is 1. The number of benzene rings is 1. The number of hydrogen-bond acceptors (Lipinski definition) is 4. The number of aliphatic carboxylic acids is 1. The van der Waals surface area contributed by atoms with E-state index in [1.807, 2.05) is 0 Å². The quantitative estimate of drug-likeness (QED) is 0.735. The minimum absolute atomic E-state index is 0.224. The summed E-state index contributed by atoms with van der Waals surface area (Å²) in [5.41, 5.74) is 5.21. The maximum absolute atomic E-state index is 12.1. The second-order valence-electron chi connectivity index (χ2n) is 3.75. The van der Waals surface area contributed by atoms with Gasteiger partial charge in [-0.1, -0.05) is 6.07 Å². The van der Waals surface area contributed by atoms with Crippen molar-refractivity contribution in [1.29, 1.82) is 0 Å². The molecule has 0 spiro atoms. The Bertz CT molecular complexity index is 485. The molecule has 3 N–H and O–H groups in total. The fourth-order valence-electron chi connectivity index (χ4n) is 1.49. The average Bonchev–Trinajstić information content (AvgIpc) is 2.36. The Labute approximate surface area is 109 Å². The Balaban J connectivity index is 2.96. The molecule has 2 amide bonds. The van der Waals surface area contributed by atoms with Crippen molar-refractivity contribution in [2.75, 3.05) is 20.2 Å². The number of carbonyl (C=O) groups is 3. The van der Waals surface area contributed by atoms with Gasteiger partial charge in [-0.05, 0) is 18.2 Å². The number of amides is 2. The van der Waals surface area contributed by atoms with Crippen LogP contribution in [-0.4, -0.2) is 48.0 Å². The highest BCUT2D eigenvalue weighted by Gasteiger charge is 2.20. The third kappa shape index (κ3) is 4.30. The molecule has 0 saturated carbocycles. The van der Waals surface area contributed by atoms with E-state index in [0.29, 0.717) is 5.75 Å². The molecule has 0 aliphatic rings. The second-order valence-corrected chi connectivity index (χ2v) is 3.75. The van der Waals surface area contributed by atoms with Crippen molar-refractivity contribution in [3.05, 3.63) is 29.8 Å². The Morgan fingerprint density at radius 1 is 1.32 bits per heavy atom. The summed E-state index contributed by atoms with van der Waals surface area (Å²) in [6.07, 6.45) is 0. The molecule has 0 radical (unpaired) electrons. The number of nitrogens with zero attached hydrogens (tertiary/aromatic N) is 1. The van der Waals surface area contributed by atoms with E-state index in [1.165, 1.54) is 19.2 Å². The molecule has 0 aliphatic heterocycles. The van der Waals surface area contributed by atoms with E-state index in [9.17, 15) is 14.4 Å². The highest BCUT2D eigenvalue weighted by Crippen LogP contribution is 2.14. The molecule has 0 heterocycles. The van der Waals surface area contributed by atoms with Crippen LogP contribution in [0.2, 0.25) is 0 Å². The van der Waals surface area contributed by atoms with Gasteiger partial charge in [-0.15, -0.1) is 0 Å². The highest BCUT2D eigenvalue weighted by atomic mass is 16.5. The monoisotopic (exact) mass is 266 g/mol. The molecular formula is C12H14N2O5. The summed E-state index contributed by atoms with van der Waals surface area (Å²) in [5.74, 6) is -2.14. The smallest absolute Gasteiger partial charge is 0.323 e. The predicted molar refractivity (Wildman–Crippen MR) is 65.7 cm³/mol. The molecule has 0 atom stereocenters. The van der Waals surface area contributed by atoms with Gasteiger partial charge in [-0.3, -0.25) is 14.4 Å². The molecule has 0 saturated heterocycles. The molecule has 0 aromatic heterocycles. The van der Waals surface area contributed by atoms with E-state index in [4.69, 9.17) is 15.6 Å². The van der Waals surface area contributed by atoms with Crippen molar-refractivity contribution in [1.82, 2.24) is 4.90 Å². The van der Waals surface area contributed by atoms with Crippen LogP contribution in [0.4, 0.5) is 0 Å². The van der Waals surface area contributed by atoms with E-state index in [-0.39, 0.29) is 5.56 Å². The SMILES string of the molecule is COc1cccc(C(=O)N(CC(N)=O)CC(=O)O)c1. The van der Waals surface area contributed by atoms with Gasteiger partial charge in [-0.2, -0.15) is 0 Å². The Hall–Kier alpha value is -2.57. The van der Waals surface area contributed by atoms with Gasteiger partial charge in [0.1, 0.15) is 18.8 Å². The number of rotatable bonds is 6. The van der Waals surface area contributed by atoms with Gasteiger partial charge >= 0.3 is 5.97 Å². The van der Waals surface area contributed by atoms with Gasteiger partial charge in [-0.25, -0.2) is 0 Å². The van der Waals surface area contributed by atoms with Crippen molar-refractivity contribution >= 4 is 17.8 Å². The number of ether oxygens (including phenoxy) is 1. The van der Waals surface area contributed by atoms with Gasteiger partial charge in [0.05, 0.1) is 7.11 Å². The summed E-state index contributed by atoms with van der Waals surface area (Å²) < 4.78 is 4.97. The molecule has 1 aromatic rings. The summed E-state index contributed by atoms with van der Waals surface area (Å²) in [6, 6.07) is 6.19. The van der Waals surface area contributed by atoms with Gasteiger partial charge in [0.25, 0.3) is 5.91 Å². The second kappa shape index (κ2) is 6.39. The number of nitrogens with two attached hydrogens (primary N) is 1. The normalized spacial score (nSPS) is 9.74. The molecule has 1 rings (SSSR count). The van der Waals surface area contributed by atoms with E-state index < -0.39 is 30.9 Å². The van der Waals surface area contributed by atoms with E-state index >= 15 is 0 Å². The molecular weight excluding hydrogens is 252 g/mol. The van der Waals surface area contributed by atoms with E-state index in [0.717, 1.165) is 4.90 Å². The Morgan fingerprint density at radius 3 is 2.53 bits per heavy atom. The van der Waals surface area contributed by atoms with E-state index in [2.05, 4.69) is 0 Å². The summed E-state index contributed by atoms with van der Waals surface area (Å²) >= 11 is 0. The minimum atomic E-state index is -1.22. The van der Waals surface area contributed by atoms with Crippen LogP contribution in [0, 0.1) is 0 Å². The van der Waals surface area contributed by atoms with E-state index in [1.54, 1.807) is 12.1 Å². The molecule has 0 unspecified atom stereocenters. The summed E-state index contributed by atoms with van der Waals surface area (Å²) in [5, 5.41) is 8.72. The van der Waals surface area contributed by atoms with Gasteiger partial charge in [0.15, 0.2) is 0 Å². The lowest BCUT2D eigenvalue weighted by atomic mass is 10.2. The third-order valence-corrected chi connectivity index (χ3v) is 2.28. The van der Waals surface area contributed by atoms with Crippen molar-refractivity contribution < 1.29 is 24.2 Å². The average molecular weight is 266 g/mol. The largest absolute Gasteiger partial charge is 0.497 e. The number of carboxylic acid groups (broad SMARTS) is 1. The van der Waals surface area contributed by atoms with Crippen LogP contribution in [0.5, 0.6) is 5.75 Å². The highest BCUT2D eigenvalue weighted by molar-refractivity contribution is 5.98. The number of hydrogen-bond donors (Lipinski definition) is 2. The van der Waals surface area contributed by atoms with Crippen LogP contribution >= 0.6 is 0 Å². The molecule has 7 nitrogen and oxygen atoms in total. The first-order valence-corrected chi connectivity index (χ1v) is 5.37. The van der Waals surface area contributed by atoms with Crippen LogP contribution < -0.4 is 10.5 Å². The number of primary amides is 1. The van der Waals surface area contributed by atoms with Crippen LogP contribution in [0.3, 0.4) is 0 Å². The first-order chi connectivity index (χ1) is 8.93. The Kier molecular flexibility index (Phi) is 4.87. The predicted octanol–water partition coefficient (Wildman–Crippen LogP) is -0.293. The summed E-state index contributed by atoms with van der Waals surface area (Å²) in [6.45, 7) is -1.05. The van der Waals surface area contributed by atoms with Crippen molar-refractivity contribution in [3.63, 3.8) is 0 Å². The zero-order valence-electron chi connectivity index (χ0n) is 10.3. The van der Waals surface area contributed by atoms with Crippen molar-refractivity contribution in [2.45, 2.75) is 0 Å². The molecule has 0 aliphatic carbocycles. The lowest BCUT2D eigenvalue weighted by molar-refractivity contribution is -0.138. The van der Waals surface area contributed by atoms with Crippen molar-refractivity contribution in [3.8, 4) is 5.75 Å². The zero-order valence-corrected chi connectivity index (χ0v) is 10.3. The molecule has 7 heteroatoms. The van der Waals surface area contributed by atoms with Gasteiger partial charge in [0, 0.05) is 5.56 Å². The lowest BCUT2D eigenvalue weighted by Crippen LogP contribution is -2.41. The number of methoxy groups -OCH3 is 1.